The lowest BCUT2D eigenvalue weighted by Crippen LogP contribution is -2.40. The number of carboxylic acid groups (broad SMARTS) is 1. The van der Waals surface area contributed by atoms with Gasteiger partial charge >= 0.3 is 11.9 Å². The number of nitrogens with one attached hydrogen (secondary N) is 1. The molecule has 0 saturated heterocycles. The van der Waals surface area contributed by atoms with Crippen LogP contribution < -0.4 is 11.1 Å². The molecule has 0 bridgehead atoms. The van der Waals surface area contributed by atoms with Crippen molar-refractivity contribution in [2.24, 2.45) is 5.73 Å². The Morgan fingerprint density at radius 3 is 1.41 bits per heavy atom. The smallest absolute Gasteiger partial charge is 0.326 e. The molecule has 7 nitrogen and oxygen atoms in total. The van der Waals surface area contributed by atoms with Crippen LogP contribution in [0.15, 0.2) is 72.9 Å². The highest BCUT2D eigenvalue weighted by atomic mass is 16.5. The fraction of sp³-hybridized carbons (Fsp3) is 0.694. The normalized spacial score (nSPS) is 13.3. The van der Waals surface area contributed by atoms with Gasteiger partial charge in [-0.15, -0.1) is 0 Å². The second kappa shape index (κ2) is 42.9. The minimum absolute atomic E-state index is 0.0291. The van der Waals surface area contributed by atoms with Crippen LogP contribution in [-0.2, 0) is 19.1 Å². The molecule has 320 valence electrons. The van der Waals surface area contributed by atoms with Gasteiger partial charge in [0.05, 0.1) is 0 Å². The second-order valence-electron chi connectivity index (χ2n) is 15.1. The topological polar surface area (TPSA) is 119 Å². The standard InChI is InChI=1S/C49H84N2O5/c1-3-5-7-9-11-13-15-16-17-18-19-20-21-22-24-26-28-33-37-43-48(53)56-45(39-34-30-27-25-23-14-12-10-8-6-4-2)40-35-31-29-32-36-42-47(52)51-46(49(54)55)41-38-44-50/h5,7,11,13,16-17,19-20,22,24,28,33,45-46H,3-4,6,8-10,12,14-15,18,21,23,25-27,29-32,34-44,50H2,1-2H3,(H,51,52)(H,54,55)/b7-5-,13-11-,17-16-,20-19-,24-22-,33-28-. The van der Waals surface area contributed by atoms with Gasteiger partial charge in [0, 0.05) is 12.8 Å². The summed E-state index contributed by atoms with van der Waals surface area (Å²) in [4.78, 5) is 36.4. The zero-order chi connectivity index (χ0) is 41.0. The summed E-state index contributed by atoms with van der Waals surface area (Å²) in [6.07, 6.45) is 55.2. The van der Waals surface area contributed by atoms with Crippen molar-refractivity contribution < 1.29 is 24.2 Å². The monoisotopic (exact) mass is 781 g/mol. The van der Waals surface area contributed by atoms with Crippen LogP contribution in [0.2, 0.25) is 0 Å². The first-order valence-electron chi connectivity index (χ1n) is 22.8. The molecule has 0 aliphatic carbocycles. The highest BCUT2D eigenvalue weighted by molar-refractivity contribution is 5.83. The van der Waals surface area contributed by atoms with Crippen molar-refractivity contribution in [1.29, 1.82) is 0 Å². The lowest BCUT2D eigenvalue weighted by atomic mass is 10.0. The van der Waals surface area contributed by atoms with E-state index in [1.165, 1.54) is 64.2 Å². The SMILES string of the molecule is CC/C=C\C/C=C\C/C=C\C/C=C\C/C=C\C/C=C\CCC(=O)OC(CCCCCCCCCCCCC)CCCCCCCC(=O)NC(CCCN)C(=O)O. The summed E-state index contributed by atoms with van der Waals surface area (Å²) in [5, 5.41) is 11.9. The fourth-order valence-corrected chi connectivity index (χ4v) is 6.42. The number of hydrogen-bond acceptors (Lipinski definition) is 5. The summed E-state index contributed by atoms with van der Waals surface area (Å²) in [6, 6.07) is -0.864. The molecule has 0 spiro atoms. The third-order valence-corrected chi connectivity index (χ3v) is 9.80. The number of hydrogen-bond donors (Lipinski definition) is 3. The van der Waals surface area contributed by atoms with Gasteiger partial charge in [-0.3, -0.25) is 9.59 Å². The van der Waals surface area contributed by atoms with E-state index in [0.717, 1.165) is 89.9 Å². The molecule has 2 unspecified atom stereocenters. The van der Waals surface area contributed by atoms with E-state index in [-0.39, 0.29) is 18.0 Å². The third kappa shape index (κ3) is 39.1. The molecule has 0 radical (unpaired) electrons. The van der Waals surface area contributed by atoms with E-state index >= 15 is 0 Å². The Morgan fingerprint density at radius 1 is 0.536 bits per heavy atom. The minimum atomic E-state index is -1.01. The van der Waals surface area contributed by atoms with Crippen LogP contribution >= 0.6 is 0 Å². The van der Waals surface area contributed by atoms with Gasteiger partial charge in [0.25, 0.3) is 0 Å². The highest BCUT2D eigenvalue weighted by Crippen LogP contribution is 2.18. The first-order chi connectivity index (χ1) is 27.4. The van der Waals surface area contributed by atoms with E-state index in [4.69, 9.17) is 10.5 Å². The van der Waals surface area contributed by atoms with Crippen molar-refractivity contribution in [3.63, 3.8) is 0 Å². The molecule has 0 heterocycles. The molecule has 0 aromatic heterocycles. The van der Waals surface area contributed by atoms with Gasteiger partial charge in [-0.1, -0.05) is 170 Å². The van der Waals surface area contributed by atoms with Crippen LogP contribution in [0.25, 0.3) is 0 Å². The molecule has 56 heavy (non-hydrogen) atoms. The van der Waals surface area contributed by atoms with Gasteiger partial charge < -0.3 is 20.9 Å². The maximum Gasteiger partial charge on any atom is 0.326 e. The number of carboxylic acids is 1. The number of carbonyl (C=O) groups is 3. The number of nitrogens with two attached hydrogens (primary N) is 1. The number of rotatable bonds is 40. The van der Waals surface area contributed by atoms with Crippen molar-refractivity contribution in [2.75, 3.05) is 6.54 Å². The van der Waals surface area contributed by atoms with Crippen LogP contribution in [-0.4, -0.2) is 41.6 Å². The molecule has 0 aromatic rings. The highest BCUT2D eigenvalue weighted by Gasteiger charge is 2.19. The van der Waals surface area contributed by atoms with Crippen molar-refractivity contribution in [3.8, 4) is 0 Å². The number of esters is 1. The molecule has 0 aliphatic rings. The van der Waals surface area contributed by atoms with Gasteiger partial charge in [-0.05, 0) is 96.4 Å². The van der Waals surface area contributed by atoms with Crippen molar-refractivity contribution in [3.05, 3.63) is 72.9 Å². The number of amides is 1. The maximum atomic E-state index is 12.8. The molecule has 0 aromatic carbocycles. The first kappa shape index (κ1) is 52.8. The van der Waals surface area contributed by atoms with E-state index in [2.05, 4.69) is 92.1 Å². The van der Waals surface area contributed by atoms with E-state index in [1.54, 1.807) is 0 Å². The molecule has 1 amide bonds. The lowest BCUT2D eigenvalue weighted by molar-refractivity contribution is -0.149. The Hall–Kier alpha value is -3.19. The van der Waals surface area contributed by atoms with E-state index in [1.807, 2.05) is 0 Å². The number of aliphatic carboxylic acids is 1. The number of ether oxygens (including phenoxy) is 1. The largest absolute Gasteiger partial charge is 0.480 e. The van der Waals surface area contributed by atoms with Crippen LogP contribution in [0.3, 0.4) is 0 Å². The van der Waals surface area contributed by atoms with Crippen LogP contribution in [0, 0.1) is 0 Å². The maximum absolute atomic E-state index is 12.8. The molecular formula is C49H84N2O5. The third-order valence-electron chi connectivity index (χ3n) is 9.80. The Bertz CT molecular complexity index is 1110. The summed E-state index contributed by atoms with van der Waals surface area (Å²) in [7, 11) is 0. The van der Waals surface area contributed by atoms with E-state index in [9.17, 15) is 19.5 Å². The Kier molecular flexibility index (Phi) is 40.5. The van der Waals surface area contributed by atoms with Gasteiger partial charge in [-0.25, -0.2) is 4.79 Å². The zero-order valence-corrected chi connectivity index (χ0v) is 36.0. The van der Waals surface area contributed by atoms with Crippen molar-refractivity contribution >= 4 is 17.8 Å². The Balaban J connectivity index is 4.43. The van der Waals surface area contributed by atoms with E-state index in [0.29, 0.717) is 38.6 Å². The number of allylic oxidation sites excluding steroid dienone is 12. The molecule has 0 rings (SSSR count). The number of carbonyl (C=O) groups excluding carboxylic acids is 2. The van der Waals surface area contributed by atoms with Gasteiger partial charge in [0.2, 0.25) is 5.91 Å². The molecular weight excluding hydrogens is 697 g/mol. The minimum Gasteiger partial charge on any atom is -0.480 e. The molecule has 7 heteroatoms. The predicted molar refractivity (Wildman–Crippen MR) is 239 cm³/mol. The lowest BCUT2D eigenvalue weighted by Gasteiger charge is -2.18. The Morgan fingerprint density at radius 2 is 0.964 bits per heavy atom. The van der Waals surface area contributed by atoms with Crippen LogP contribution in [0.5, 0.6) is 0 Å². The molecule has 4 N–H and O–H groups in total. The van der Waals surface area contributed by atoms with Crippen molar-refractivity contribution in [1.82, 2.24) is 5.32 Å². The van der Waals surface area contributed by atoms with Gasteiger partial charge in [0.1, 0.15) is 12.1 Å². The molecule has 2 atom stereocenters. The molecule has 0 aliphatic heterocycles. The quantitative estimate of drug-likeness (QED) is 0.0324. The average molecular weight is 781 g/mol. The fourth-order valence-electron chi connectivity index (χ4n) is 6.42. The van der Waals surface area contributed by atoms with Gasteiger partial charge in [-0.2, -0.15) is 0 Å². The molecule has 0 saturated carbocycles. The molecule has 0 fully saturated rings. The summed E-state index contributed by atoms with van der Waals surface area (Å²) >= 11 is 0. The van der Waals surface area contributed by atoms with Crippen LogP contribution in [0.1, 0.15) is 200 Å². The summed E-state index contributed by atoms with van der Waals surface area (Å²) in [5.41, 5.74) is 5.49. The zero-order valence-electron chi connectivity index (χ0n) is 36.0. The Labute approximate surface area is 343 Å². The van der Waals surface area contributed by atoms with Gasteiger partial charge in [0.15, 0.2) is 0 Å². The first-order valence-corrected chi connectivity index (χ1v) is 22.8. The van der Waals surface area contributed by atoms with Crippen LogP contribution in [0.4, 0.5) is 0 Å². The predicted octanol–water partition coefficient (Wildman–Crippen LogP) is 13.1. The second-order valence-corrected chi connectivity index (χ2v) is 15.1. The average Bonchev–Trinajstić information content (AvgIpc) is 3.18. The van der Waals surface area contributed by atoms with Crippen molar-refractivity contribution in [2.45, 2.75) is 212 Å². The van der Waals surface area contributed by atoms with E-state index < -0.39 is 12.0 Å². The summed E-state index contributed by atoms with van der Waals surface area (Å²) in [5.74, 6) is -1.32. The summed E-state index contributed by atoms with van der Waals surface area (Å²) in [6.45, 7) is 4.82. The number of unbranched alkanes of at least 4 members (excludes halogenated alkanes) is 14. The summed E-state index contributed by atoms with van der Waals surface area (Å²) < 4.78 is 6.01.